The molecule has 2 amide bonds. The fourth-order valence-corrected chi connectivity index (χ4v) is 6.18. The van der Waals surface area contributed by atoms with Gasteiger partial charge in [0.1, 0.15) is 6.04 Å². The van der Waals surface area contributed by atoms with E-state index in [1.807, 2.05) is 18.2 Å². The Bertz CT molecular complexity index is 872. The lowest BCUT2D eigenvalue weighted by Crippen LogP contribution is -2.48. The number of anilines is 1. The van der Waals surface area contributed by atoms with Crippen LogP contribution in [0.4, 0.5) is 5.13 Å². The van der Waals surface area contributed by atoms with E-state index in [9.17, 15) is 9.59 Å². The fourth-order valence-electron chi connectivity index (χ4n) is 3.48. The summed E-state index contributed by atoms with van der Waals surface area (Å²) in [6, 6.07) is 7.67. The quantitative estimate of drug-likeness (QED) is 0.765. The number of carbonyl (C=O) groups excluding carboxylic acids is 2. The van der Waals surface area contributed by atoms with Gasteiger partial charge >= 0.3 is 0 Å². The highest BCUT2D eigenvalue weighted by Gasteiger charge is 2.52. The number of hydrogen-bond acceptors (Lipinski definition) is 5. The topological polar surface area (TPSA) is 62.3 Å². The SMILES string of the molecule is C[C@]12CCC(=O)N1[C@@H](C(=O)Nc1ncc(Cc3ccccc3Br)s1)CS2. The Morgan fingerprint density at radius 2 is 2.27 bits per heavy atom. The summed E-state index contributed by atoms with van der Waals surface area (Å²) in [5.74, 6) is 0.577. The first kappa shape index (κ1) is 18.0. The monoisotopic (exact) mass is 451 g/mol. The average Bonchev–Trinajstić information content (AvgIpc) is 3.26. The average molecular weight is 452 g/mol. The molecular formula is C18H18BrN3O2S2. The van der Waals surface area contributed by atoms with E-state index in [0.29, 0.717) is 17.3 Å². The molecule has 26 heavy (non-hydrogen) atoms. The summed E-state index contributed by atoms with van der Waals surface area (Å²) >= 11 is 6.73. The molecule has 1 aromatic heterocycles. The number of thiazole rings is 1. The molecule has 2 aromatic rings. The van der Waals surface area contributed by atoms with E-state index >= 15 is 0 Å². The van der Waals surface area contributed by atoms with Gasteiger partial charge in [-0.3, -0.25) is 9.59 Å². The zero-order valence-corrected chi connectivity index (χ0v) is 17.4. The lowest BCUT2D eigenvalue weighted by atomic mass is 10.1. The standard InChI is InChI=1S/C18H18BrN3O2S2/c1-18-7-6-15(23)22(18)14(10-25-18)16(24)21-17-20-9-12(26-17)8-11-4-2-3-5-13(11)19/h2-5,9,14H,6-8,10H2,1H3,(H,20,21,24)/t14-,18+/m1/s1. The minimum atomic E-state index is -0.407. The van der Waals surface area contributed by atoms with Crippen LogP contribution in [0.2, 0.25) is 0 Å². The van der Waals surface area contributed by atoms with Crippen LogP contribution in [0.5, 0.6) is 0 Å². The smallest absolute Gasteiger partial charge is 0.249 e. The molecule has 5 nitrogen and oxygen atoms in total. The molecule has 0 radical (unpaired) electrons. The first-order valence-corrected chi connectivity index (χ1v) is 11.0. The summed E-state index contributed by atoms with van der Waals surface area (Å²) < 4.78 is 1.06. The summed E-state index contributed by atoms with van der Waals surface area (Å²) in [6.07, 6.45) is 3.90. The van der Waals surface area contributed by atoms with Gasteiger partial charge in [-0.15, -0.1) is 23.1 Å². The molecule has 2 atom stereocenters. The van der Waals surface area contributed by atoms with Gasteiger partial charge in [-0.05, 0) is 25.0 Å². The van der Waals surface area contributed by atoms with Crippen LogP contribution in [0.1, 0.15) is 30.2 Å². The Morgan fingerprint density at radius 3 is 3.08 bits per heavy atom. The number of carbonyl (C=O) groups is 2. The Labute approximate surface area is 168 Å². The molecule has 3 heterocycles. The van der Waals surface area contributed by atoms with Crippen molar-refractivity contribution in [3.63, 3.8) is 0 Å². The Balaban J connectivity index is 1.44. The molecule has 2 aliphatic rings. The van der Waals surface area contributed by atoms with E-state index in [1.165, 1.54) is 16.9 Å². The zero-order chi connectivity index (χ0) is 18.3. The van der Waals surface area contributed by atoms with Gasteiger partial charge in [-0.25, -0.2) is 4.98 Å². The van der Waals surface area contributed by atoms with E-state index in [0.717, 1.165) is 22.2 Å². The van der Waals surface area contributed by atoms with Gasteiger partial charge in [0.15, 0.2) is 5.13 Å². The number of benzene rings is 1. The van der Waals surface area contributed by atoms with Crippen LogP contribution in [0, 0.1) is 0 Å². The second-order valence-corrected chi connectivity index (χ2v) is 10.1. The van der Waals surface area contributed by atoms with Crippen molar-refractivity contribution < 1.29 is 9.59 Å². The highest BCUT2D eigenvalue weighted by atomic mass is 79.9. The van der Waals surface area contributed by atoms with Crippen molar-refractivity contribution in [1.29, 1.82) is 0 Å². The minimum absolute atomic E-state index is 0.0754. The maximum Gasteiger partial charge on any atom is 0.249 e. The number of rotatable bonds is 4. The molecule has 0 bridgehead atoms. The van der Waals surface area contributed by atoms with Gasteiger partial charge in [0.05, 0.1) is 4.87 Å². The van der Waals surface area contributed by atoms with Crippen molar-refractivity contribution in [2.45, 2.75) is 37.1 Å². The van der Waals surface area contributed by atoms with Gasteiger partial charge in [0, 0.05) is 34.1 Å². The number of thioether (sulfide) groups is 1. The van der Waals surface area contributed by atoms with Gasteiger partial charge in [-0.2, -0.15) is 0 Å². The highest BCUT2D eigenvalue weighted by Crippen LogP contribution is 2.47. The third kappa shape index (κ3) is 3.30. The lowest BCUT2D eigenvalue weighted by molar-refractivity contribution is -0.135. The molecule has 2 aliphatic heterocycles. The van der Waals surface area contributed by atoms with Crippen LogP contribution in [-0.4, -0.2) is 38.4 Å². The summed E-state index contributed by atoms with van der Waals surface area (Å²) in [7, 11) is 0. The third-order valence-electron chi connectivity index (χ3n) is 4.85. The predicted octanol–water partition coefficient (Wildman–Crippen LogP) is 3.89. The second-order valence-electron chi connectivity index (χ2n) is 6.65. The number of aromatic nitrogens is 1. The molecule has 8 heteroatoms. The first-order chi connectivity index (χ1) is 12.5. The van der Waals surface area contributed by atoms with Crippen molar-refractivity contribution in [3.8, 4) is 0 Å². The first-order valence-electron chi connectivity index (χ1n) is 8.41. The fraction of sp³-hybridized carbons (Fsp3) is 0.389. The number of nitrogens with one attached hydrogen (secondary N) is 1. The van der Waals surface area contributed by atoms with Gasteiger partial charge in [-0.1, -0.05) is 34.1 Å². The van der Waals surface area contributed by atoms with Crippen molar-refractivity contribution in [1.82, 2.24) is 9.88 Å². The Kier molecular flexibility index (Phi) is 4.83. The molecular weight excluding hydrogens is 434 g/mol. The normalized spacial score (nSPS) is 24.8. The van der Waals surface area contributed by atoms with Crippen molar-refractivity contribution in [2.24, 2.45) is 0 Å². The maximum absolute atomic E-state index is 12.7. The van der Waals surface area contributed by atoms with Gasteiger partial charge in [0.2, 0.25) is 11.8 Å². The molecule has 1 N–H and O–H groups in total. The van der Waals surface area contributed by atoms with Gasteiger partial charge in [0.25, 0.3) is 0 Å². The minimum Gasteiger partial charge on any atom is -0.315 e. The van der Waals surface area contributed by atoms with Crippen molar-refractivity contribution >= 4 is 56.0 Å². The molecule has 4 rings (SSSR count). The summed E-state index contributed by atoms with van der Waals surface area (Å²) in [4.78, 5) is 31.8. The Morgan fingerprint density at radius 1 is 1.46 bits per heavy atom. The number of halogens is 1. The van der Waals surface area contributed by atoms with Gasteiger partial charge < -0.3 is 10.2 Å². The molecule has 0 unspecified atom stereocenters. The van der Waals surface area contributed by atoms with E-state index in [-0.39, 0.29) is 16.7 Å². The van der Waals surface area contributed by atoms with Crippen molar-refractivity contribution in [3.05, 3.63) is 45.4 Å². The molecule has 2 saturated heterocycles. The van der Waals surface area contributed by atoms with Crippen LogP contribution in [-0.2, 0) is 16.0 Å². The number of hydrogen-bond donors (Lipinski definition) is 1. The van der Waals surface area contributed by atoms with E-state index < -0.39 is 6.04 Å². The van der Waals surface area contributed by atoms with E-state index in [4.69, 9.17) is 0 Å². The number of fused-ring (bicyclic) bond motifs is 1. The largest absolute Gasteiger partial charge is 0.315 e. The van der Waals surface area contributed by atoms with Crippen LogP contribution in [0.25, 0.3) is 0 Å². The summed E-state index contributed by atoms with van der Waals surface area (Å²) in [6.45, 7) is 2.05. The number of nitrogens with zero attached hydrogens (tertiary/aromatic N) is 2. The van der Waals surface area contributed by atoms with Crippen LogP contribution >= 0.6 is 39.0 Å². The second kappa shape index (κ2) is 6.98. The maximum atomic E-state index is 12.7. The van der Waals surface area contributed by atoms with Crippen LogP contribution < -0.4 is 5.32 Å². The van der Waals surface area contributed by atoms with E-state index in [1.54, 1.807) is 22.9 Å². The molecule has 1 aromatic carbocycles. The third-order valence-corrected chi connectivity index (χ3v) is 8.05. The molecule has 0 saturated carbocycles. The summed E-state index contributed by atoms with van der Waals surface area (Å²) in [5, 5.41) is 3.49. The summed E-state index contributed by atoms with van der Waals surface area (Å²) in [5.41, 5.74) is 1.18. The van der Waals surface area contributed by atoms with Crippen molar-refractivity contribution in [2.75, 3.05) is 11.1 Å². The van der Waals surface area contributed by atoms with Crippen LogP contribution in [0.15, 0.2) is 34.9 Å². The molecule has 0 aliphatic carbocycles. The lowest BCUT2D eigenvalue weighted by Gasteiger charge is -2.29. The highest BCUT2D eigenvalue weighted by molar-refractivity contribution is 9.10. The number of amides is 2. The zero-order valence-electron chi connectivity index (χ0n) is 14.2. The van der Waals surface area contributed by atoms with E-state index in [2.05, 4.69) is 39.2 Å². The van der Waals surface area contributed by atoms with Crippen LogP contribution in [0.3, 0.4) is 0 Å². The molecule has 2 fully saturated rings. The molecule has 0 spiro atoms. The predicted molar refractivity (Wildman–Crippen MR) is 108 cm³/mol. The Hall–Kier alpha value is -1.38. The molecule has 136 valence electrons.